The number of phenols is 2. The number of para-hydroxylation sites is 2. The maximum atomic E-state index is 12.1. The largest absolute Gasteiger partial charge is 0.507 e. The van der Waals surface area contributed by atoms with Crippen molar-refractivity contribution in [1.29, 1.82) is 0 Å². The lowest BCUT2D eigenvalue weighted by Gasteiger charge is -2.21. The van der Waals surface area contributed by atoms with Crippen molar-refractivity contribution < 1.29 is 10.2 Å². The van der Waals surface area contributed by atoms with Gasteiger partial charge in [0.05, 0.1) is 44.5 Å². The number of rotatable bonds is 2. The molecule has 2 N–H and O–H groups in total. The Labute approximate surface area is 292 Å². The van der Waals surface area contributed by atoms with Crippen LogP contribution in [0.5, 0.6) is 11.5 Å². The lowest BCUT2D eigenvalue weighted by molar-refractivity contribution is 0.485. The Balaban J connectivity index is 1.82. The molecule has 0 unspecified atom stereocenters. The third-order valence-corrected chi connectivity index (χ3v) is 9.71. The van der Waals surface area contributed by atoms with E-state index in [1.807, 2.05) is 60.7 Å². The monoisotopic (exact) mass is 660 g/mol. The standard InChI is InChI=1S/C44H44N4O2/c1-9-33-29-21-27(43(3,4)5)23-31(41(29)49)35-19-17-25-15-16-26-18-20-36(48-40(26)39(25)47-35)32-24-28(44(6,7)8)22-30(42(32)50)34(10-2)46-38-14-12-11-13-37(38)45-33/h11-24,49-50H,9-10H2,1-8H3. The molecule has 252 valence electrons. The van der Waals surface area contributed by atoms with Gasteiger partial charge in [0.25, 0.3) is 0 Å². The van der Waals surface area contributed by atoms with E-state index in [-0.39, 0.29) is 22.3 Å². The first-order chi connectivity index (χ1) is 23.8. The second-order valence-corrected chi connectivity index (χ2v) is 15.3. The fourth-order valence-electron chi connectivity index (χ4n) is 6.64. The average Bonchev–Trinajstić information content (AvgIpc) is 3.08. The second kappa shape index (κ2) is 12.2. The first-order valence-electron chi connectivity index (χ1n) is 17.5. The van der Waals surface area contributed by atoms with Crippen LogP contribution >= 0.6 is 0 Å². The number of pyridine rings is 2. The topological polar surface area (TPSA) is 92.0 Å². The number of phenolic OH excluding ortho intramolecular Hbond substituents is 2. The molecular weight excluding hydrogens is 617 g/mol. The molecule has 0 fully saturated rings. The van der Waals surface area contributed by atoms with Crippen molar-refractivity contribution >= 4 is 65.4 Å². The van der Waals surface area contributed by atoms with Crippen molar-refractivity contribution in [3.05, 3.63) is 107 Å². The van der Waals surface area contributed by atoms with Crippen molar-refractivity contribution in [1.82, 2.24) is 19.9 Å². The summed E-state index contributed by atoms with van der Waals surface area (Å²) in [7, 11) is 0. The summed E-state index contributed by atoms with van der Waals surface area (Å²) >= 11 is 0. The summed E-state index contributed by atoms with van der Waals surface area (Å²) in [6.07, 6.45) is 1.17. The fourth-order valence-corrected chi connectivity index (χ4v) is 6.64. The third kappa shape index (κ3) is 5.83. The number of hydrogen-bond acceptors (Lipinski definition) is 6. The van der Waals surface area contributed by atoms with E-state index < -0.39 is 0 Å². The van der Waals surface area contributed by atoms with Crippen molar-refractivity contribution in [2.75, 3.05) is 0 Å². The van der Waals surface area contributed by atoms with Gasteiger partial charge >= 0.3 is 0 Å². The normalized spacial score (nSPS) is 12.3. The minimum Gasteiger partial charge on any atom is -0.507 e. The first kappa shape index (κ1) is 33.2. The molecule has 50 heavy (non-hydrogen) atoms. The summed E-state index contributed by atoms with van der Waals surface area (Å²) in [5.41, 5.74) is 7.35. The van der Waals surface area contributed by atoms with Crippen molar-refractivity contribution in [2.45, 2.75) is 79.1 Å². The van der Waals surface area contributed by atoms with Crippen LogP contribution in [-0.2, 0) is 23.7 Å². The van der Waals surface area contributed by atoms with Crippen molar-refractivity contribution in [3.63, 3.8) is 0 Å². The highest BCUT2D eigenvalue weighted by Gasteiger charge is 2.20. The molecule has 0 aliphatic heterocycles. The van der Waals surface area contributed by atoms with E-state index in [4.69, 9.17) is 19.9 Å². The number of fused-ring (bicyclic) bond motifs is 9. The number of aromatic nitrogens is 4. The smallest absolute Gasteiger partial charge is 0.134 e. The van der Waals surface area contributed by atoms with E-state index in [1.165, 1.54) is 0 Å². The Morgan fingerprint density at radius 1 is 0.460 bits per heavy atom. The molecule has 0 radical (unpaired) electrons. The van der Waals surface area contributed by atoms with Gasteiger partial charge in [-0.05, 0) is 83.3 Å². The summed E-state index contributed by atoms with van der Waals surface area (Å²) in [5.74, 6) is 0.288. The minimum atomic E-state index is -0.202. The van der Waals surface area contributed by atoms with Crippen LogP contribution < -0.4 is 0 Å². The Morgan fingerprint density at radius 2 is 0.820 bits per heavy atom. The number of hydrogen-bond donors (Lipinski definition) is 2. The summed E-state index contributed by atoms with van der Waals surface area (Å²) in [6, 6.07) is 28.1. The molecule has 7 rings (SSSR count). The molecule has 7 aromatic rings. The molecule has 3 heterocycles. The molecule has 0 atom stereocenters. The zero-order valence-electron chi connectivity index (χ0n) is 30.2. The lowest BCUT2D eigenvalue weighted by atomic mass is 9.85. The Bertz CT molecular complexity index is 2430. The zero-order valence-corrected chi connectivity index (χ0v) is 30.2. The van der Waals surface area contributed by atoms with Gasteiger partial charge in [-0.2, -0.15) is 0 Å². The second-order valence-electron chi connectivity index (χ2n) is 15.3. The summed E-state index contributed by atoms with van der Waals surface area (Å²) in [5, 5.41) is 28.6. The molecule has 6 nitrogen and oxygen atoms in total. The molecule has 6 heteroatoms. The molecule has 8 bridgehead atoms. The fraction of sp³-hybridized carbons (Fsp3) is 0.273. The molecule has 0 spiro atoms. The quantitative estimate of drug-likeness (QED) is 0.179. The summed E-state index contributed by atoms with van der Waals surface area (Å²) in [6.45, 7) is 17.1. The van der Waals surface area contributed by atoms with Gasteiger partial charge in [-0.15, -0.1) is 0 Å². The van der Waals surface area contributed by atoms with Crippen LogP contribution in [-0.4, -0.2) is 30.1 Å². The third-order valence-electron chi connectivity index (χ3n) is 9.71. The van der Waals surface area contributed by atoms with E-state index in [9.17, 15) is 10.2 Å². The van der Waals surface area contributed by atoms with Gasteiger partial charge in [0.15, 0.2) is 0 Å². The zero-order chi connectivity index (χ0) is 35.5. The molecule has 0 saturated carbocycles. The maximum absolute atomic E-state index is 12.1. The SMILES string of the molecule is CCc1nc2ccccc2nc(CC)c2cc(C(C)(C)C)cc(c2O)c2ccc3ccc4ccc(nc4c3n2)c2cc(C(C)(C)C)cc1c2O. The Kier molecular flexibility index (Phi) is 8.09. The molecule has 0 amide bonds. The highest BCUT2D eigenvalue weighted by molar-refractivity contribution is 6.07. The predicted molar refractivity (Wildman–Crippen MR) is 209 cm³/mol. The van der Waals surface area contributed by atoms with Crippen LogP contribution in [0.1, 0.15) is 77.9 Å². The summed E-state index contributed by atoms with van der Waals surface area (Å²) < 4.78 is 0. The van der Waals surface area contributed by atoms with E-state index in [2.05, 4.69) is 79.7 Å². The van der Waals surface area contributed by atoms with Gasteiger partial charge in [0, 0.05) is 32.3 Å². The predicted octanol–water partition coefficient (Wildman–Crippen LogP) is 11.0. The molecule has 0 saturated heterocycles. The van der Waals surface area contributed by atoms with E-state index in [0.29, 0.717) is 56.5 Å². The Morgan fingerprint density at radius 3 is 1.18 bits per heavy atom. The van der Waals surface area contributed by atoms with Gasteiger partial charge in [-0.1, -0.05) is 91.8 Å². The van der Waals surface area contributed by atoms with E-state index in [1.54, 1.807) is 0 Å². The van der Waals surface area contributed by atoms with Crippen LogP contribution in [0.25, 0.3) is 65.4 Å². The Hall–Kier alpha value is -5.36. The van der Waals surface area contributed by atoms with Crippen molar-refractivity contribution in [3.8, 4) is 11.5 Å². The average molecular weight is 661 g/mol. The van der Waals surface area contributed by atoms with E-state index in [0.717, 1.165) is 44.3 Å². The first-order valence-corrected chi connectivity index (χ1v) is 17.5. The van der Waals surface area contributed by atoms with Crippen LogP contribution in [0.2, 0.25) is 0 Å². The molecular formula is C44H44N4O2. The number of benzene rings is 4. The lowest BCUT2D eigenvalue weighted by Crippen LogP contribution is -2.11. The molecule has 3 aromatic heterocycles. The van der Waals surface area contributed by atoms with Crippen LogP contribution in [0, 0.1) is 0 Å². The number of nitrogens with zero attached hydrogens (tertiary/aromatic N) is 4. The van der Waals surface area contributed by atoms with Crippen molar-refractivity contribution in [2.24, 2.45) is 0 Å². The number of aromatic hydroxyl groups is 2. The van der Waals surface area contributed by atoms with E-state index >= 15 is 0 Å². The highest BCUT2D eigenvalue weighted by atomic mass is 16.3. The van der Waals surface area contributed by atoms with Gasteiger partial charge in [0.1, 0.15) is 11.5 Å². The minimum absolute atomic E-state index is 0.144. The van der Waals surface area contributed by atoms with Crippen LogP contribution in [0.3, 0.4) is 0 Å². The number of aryl methyl sites for hydroxylation is 2. The molecule has 4 aromatic carbocycles. The van der Waals surface area contributed by atoms with Crippen LogP contribution in [0.4, 0.5) is 0 Å². The maximum Gasteiger partial charge on any atom is 0.134 e. The van der Waals surface area contributed by atoms with Gasteiger partial charge in [0.2, 0.25) is 0 Å². The highest BCUT2D eigenvalue weighted by Crippen LogP contribution is 2.38. The summed E-state index contributed by atoms with van der Waals surface area (Å²) in [4.78, 5) is 20.8. The van der Waals surface area contributed by atoms with Gasteiger partial charge in [-0.3, -0.25) is 9.97 Å². The van der Waals surface area contributed by atoms with Gasteiger partial charge in [-0.25, -0.2) is 9.97 Å². The van der Waals surface area contributed by atoms with Gasteiger partial charge < -0.3 is 10.2 Å². The molecule has 0 aliphatic rings. The van der Waals surface area contributed by atoms with Crippen LogP contribution in [0.15, 0.2) is 84.9 Å². The molecule has 0 aliphatic carbocycles.